The summed E-state index contributed by atoms with van der Waals surface area (Å²) in [7, 11) is -6.96. The van der Waals surface area contributed by atoms with Crippen LogP contribution in [0.1, 0.15) is 35.3 Å². The minimum atomic E-state index is -4.02. The maximum Gasteiger partial charge on any atom is 0.294 e. The lowest BCUT2D eigenvalue weighted by molar-refractivity contribution is 0.306. The van der Waals surface area contributed by atoms with E-state index in [9.17, 15) is 16.8 Å². The summed E-state index contributed by atoms with van der Waals surface area (Å²) >= 11 is 6.55. The van der Waals surface area contributed by atoms with Gasteiger partial charge in [0.2, 0.25) is 0 Å². The van der Waals surface area contributed by atoms with Crippen LogP contribution >= 0.6 is 11.6 Å². The van der Waals surface area contributed by atoms with E-state index in [2.05, 4.69) is 34.3 Å². The van der Waals surface area contributed by atoms with Gasteiger partial charge in [0, 0.05) is 35.1 Å². The predicted molar refractivity (Wildman–Crippen MR) is 201 cm³/mol. The molecule has 13 heteroatoms. The van der Waals surface area contributed by atoms with E-state index >= 15 is 0 Å². The lowest BCUT2D eigenvalue weighted by atomic mass is 10.1. The topological polar surface area (TPSA) is 149 Å². The normalized spacial score (nSPS) is 11.5. The molecule has 0 aliphatic carbocycles. The van der Waals surface area contributed by atoms with E-state index in [0.29, 0.717) is 36.0 Å². The van der Waals surface area contributed by atoms with Crippen molar-refractivity contribution < 1.29 is 30.5 Å². The van der Waals surface area contributed by atoms with Gasteiger partial charge in [0.25, 0.3) is 10.1 Å². The van der Waals surface area contributed by atoms with Crippen LogP contribution in [-0.2, 0) is 33.0 Å². The molecule has 6 rings (SSSR count). The fourth-order valence-electron chi connectivity index (χ4n) is 5.15. The van der Waals surface area contributed by atoms with E-state index in [-0.39, 0.29) is 10.6 Å². The van der Waals surface area contributed by atoms with Crippen molar-refractivity contribution in [1.29, 1.82) is 0 Å². The van der Waals surface area contributed by atoms with Crippen molar-refractivity contribution in [2.45, 2.75) is 44.6 Å². The van der Waals surface area contributed by atoms with Crippen LogP contribution in [0.5, 0.6) is 5.75 Å². The number of unbranched alkanes of at least 4 members (excludes halogenated alkanes) is 1. The summed E-state index contributed by atoms with van der Waals surface area (Å²) in [6, 6.07) is 29.5. The van der Waals surface area contributed by atoms with E-state index in [1.54, 1.807) is 12.1 Å². The number of aromatic nitrogens is 2. The zero-order valence-electron chi connectivity index (χ0n) is 28.3. The molecule has 0 radical (unpaired) electrons. The highest BCUT2D eigenvalue weighted by atomic mass is 35.5. The second kappa shape index (κ2) is 16.5. The summed E-state index contributed by atoms with van der Waals surface area (Å²) in [5.74, 6) is 2.99. The Balaban J connectivity index is 0.000000392. The lowest BCUT2D eigenvalue weighted by Crippen LogP contribution is -2.02. The fraction of sp³-hybridized carbons (Fsp3) is 0.211. The minimum absolute atomic E-state index is 0.0666. The molecule has 0 atom stereocenters. The standard InChI is InChI=1S/C31H30ClN3O4S.C7H8O3S/c1-21-6-5-7-22(16-21)19-38-30-13-10-24(18-27(30)32)35-31-26-17-23(9-12-28(26)33-20-34-31)29-14-11-25(39-29)8-3-4-15-40(2,36)37;1-6-2-4-7(5-3-6)11(8,9)10/h5-7,9-14,16-18,20H,3-4,8,15,19H2,1-2H3,(H,33,34,35);2-5H,1H3,(H,8,9,10). The van der Waals surface area contributed by atoms with E-state index in [1.165, 1.54) is 30.3 Å². The quantitative estimate of drug-likeness (QED) is 0.0919. The summed E-state index contributed by atoms with van der Waals surface area (Å²) < 4.78 is 64.2. The average Bonchev–Trinajstić information content (AvgIpc) is 3.55. The van der Waals surface area contributed by atoms with Crippen LogP contribution in [0.15, 0.2) is 113 Å². The van der Waals surface area contributed by atoms with Gasteiger partial charge in [-0.1, -0.05) is 59.1 Å². The molecule has 2 heterocycles. The van der Waals surface area contributed by atoms with Crippen LogP contribution in [0.4, 0.5) is 11.5 Å². The Labute approximate surface area is 303 Å². The third-order valence-electron chi connectivity index (χ3n) is 7.76. The summed E-state index contributed by atoms with van der Waals surface area (Å²) in [6.45, 7) is 4.33. The molecule has 266 valence electrons. The molecular weight excluding hydrogens is 710 g/mol. The molecule has 4 aromatic carbocycles. The maximum atomic E-state index is 11.3. The number of nitrogens with one attached hydrogen (secondary N) is 1. The van der Waals surface area contributed by atoms with E-state index in [0.717, 1.165) is 51.2 Å². The first-order chi connectivity index (χ1) is 24.2. The molecule has 0 unspecified atom stereocenters. The number of rotatable bonds is 12. The zero-order chi connectivity index (χ0) is 36.6. The highest BCUT2D eigenvalue weighted by molar-refractivity contribution is 7.90. The van der Waals surface area contributed by atoms with Crippen LogP contribution in [0.25, 0.3) is 22.2 Å². The molecular formula is C38H38ClN3O7S2. The number of halogens is 1. The molecule has 0 amide bonds. The van der Waals surface area contributed by atoms with Gasteiger partial charge in [0.1, 0.15) is 45.9 Å². The fourth-order valence-corrected chi connectivity index (χ4v) is 6.59. The number of furan rings is 1. The number of hydrogen-bond donors (Lipinski definition) is 2. The molecule has 2 aromatic heterocycles. The average molecular weight is 748 g/mol. The smallest absolute Gasteiger partial charge is 0.294 e. The van der Waals surface area contributed by atoms with Crippen molar-refractivity contribution in [2.75, 3.05) is 17.3 Å². The molecule has 0 saturated carbocycles. The SMILES string of the molecule is Cc1ccc(S(=O)(=O)O)cc1.Cc1cccc(COc2ccc(Nc3ncnc4ccc(-c5ccc(CCCCS(C)(=O)=O)o5)cc34)cc2Cl)c1. The van der Waals surface area contributed by atoms with Gasteiger partial charge in [-0.05, 0) is 92.9 Å². The molecule has 0 spiro atoms. The van der Waals surface area contributed by atoms with Crippen molar-refractivity contribution in [3.8, 4) is 17.1 Å². The van der Waals surface area contributed by atoms with Crippen molar-refractivity contribution in [1.82, 2.24) is 9.97 Å². The maximum absolute atomic E-state index is 11.3. The molecule has 0 aliphatic heterocycles. The summed E-state index contributed by atoms with van der Waals surface area (Å²) in [5, 5.41) is 4.69. The summed E-state index contributed by atoms with van der Waals surface area (Å²) in [6.07, 6.45) is 4.83. The highest BCUT2D eigenvalue weighted by Crippen LogP contribution is 2.33. The molecule has 51 heavy (non-hydrogen) atoms. The summed E-state index contributed by atoms with van der Waals surface area (Å²) in [4.78, 5) is 8.81. The van der Waals surface area contributed by atoms with Crippen LogP contribution in [0.2, 0.25) is 5.02 Å². The summed E-state index contributed by atoms with van der Waals surface area (Å²) in [5.41, 5.74) is 5.67. The van der Waals surface area contributed by atoms with Crippen LogP contribution < -0.4 is 10.1 Å². The number of benzene rings is 4. The second-order valence-electron chi connectivity index (χ2n) is 12.1. The van der Waals surface area contributed by atoms with Crippen LogP contribution in [-0.4, -0.2) is 43.4 Å². The monoisotopic (exact) mass is 747 g/mol. The number of ether oxygens (including phenoxy) is 1. The van der Waals surface area contributed by atoms with Gasteiger partial charge < -0.3 is 14.5 Å². The Hall–Kier alpha value is -4.75. The molecule has 0 saturated heterocycles. The third kappa shape index (κ3) is 11.1. The number of anilines is 2. The first-order valence-electron chi connectivity index (χ1n) is 16.0. The van der Waals surface area contributed by atoms with Gasteiger partial charge in [0.05, 0.1) is 15.4 Å². The Morgan fingerprint density at radius 3 is 2.33 bits per heavy atom. The van der Waals surface area contributed by atoms with E-state index in [4.69, 9.17) is 25.3 Å². The van der Waals surface area contributed by atoms with Crippen molar-refractivity contribution in [3.05, 3.63) is 131 Å². The largest absolute Gasteiger partial charge is 0.487 e. The van der Waals surface area contributed by atoms with Crippen molar-refractivity contribution in [3.63, 3.8) is 0 Å². The molecule has 10 nitrogen and oxygen atoms in total. The molecule has 6 aromatic rings. The number of hydrogen-bond acceptors (Lipinski definition) is 9. The van der Waals surface area contributed by atoms with Crippen LogP contribution in [0.3, 0.4) is 0 Å². The van der Waals surface area contributed by atoms with Gasteiger partial charge >= 0.3 is 0 Å². The highest BCUT2D eigenvalue weighted by Gasteiger charge is 2.12. The van der Waals surface area contributed by atoms with Gasteiger partial charge in [-0.25, -0.2) is 18.4 Å². The predicted octanol–water partition coefficient (Wildman–Crippen LogP) is 8.78. The third-order valence-corrected chi connectivity index (χ3v) is 9.95. The molecule has 0 fully saturated rings. The molecule has 0 bridgehead atoms. The van der Waals surface area contributed by atoms with Crippen molar-refractivity contribution in [2.24, 2.45) is 0 Å². The van der Waals surface area contributed by atoms with Gasteiger partial charge in [-0.15, -0.1) is 0 Å². The zero-order valence-corrected chi connectivity index (χ0v) is 30.7. The number of nitrogens with zero attached hydrogens (tertiary/aromatic N) is 2. The first-order valence-corrected chi connectivity index (χ1v) is 19.9. The Morgan fingerprint density at radius 1 is 0.843 bits per heavy atom. The second-order valence-corrected chi connectivity index (χ2v) is 16.2. The molecule has 0 aliphatic rings. The van der Waals surface area contributed by atoms with Crippen LogP contribution in [0, 0.1) is 13.8 Å². The van der Waals surface area contributed by atoms with E-state index < -0.39 is 20.0 Å². The van der Waals surface area contributed by atoms with Crippen molar-refractivity contribution >= 4 is 54.0 Å². The van der Waals surface area contributed by atoms with Gasteiger partial charge in [0.15, 0.2) is 0 Å². The number of aryl methyl sites for hydroxylation is 3. The number of fused-ring (bicyclic) bond motifs is 1. The lowest BCUT2D eigenvalue weighted by Gasteiger charge is -2.12. The number of sulfone groups is 1. The Kier molecular flexibility index (Phi) is 12.1. The van der Waals surface area contributed by atoms with Gasteiger partial charge in [-0.3, -0.25) is 4.55 Å². The Morgan fingerprint density at radius 2 is 1.63 bits per heavy atom. The van der Waals surface area contributed by atoms with Gasteiger partial charge in [-0.2, -0.15) is 8.42 Å². The molecule has 2 N–H and O–H groups in total. The van der Waals surface area contributed by atoms with E-state index in [1.807, 2.05) is 67.6 Å². The Bertz CT molecular complexity index is 2340. The minimum Gasteiger partial charge on any atom is -0.487 e. The first kappa shape index (κ1) is 37.5.